The number of rotatable bonds is 5. The third-order valence-corrected chi connectivity index (χ3v) is 4.49. The summed E-state index contributed by atoms with van der Waals surface area (Å²) in [6.45, 7) is 0.746. The topological polar surface area (TPSA) is 102 Å². The highest BCUT2D eigenvalue weighted by Crippen LogP contribution is 2.23. The summed E-state index contributed by atoms with van der Waals surface area (Å²) in [5.74, 6) is 1.68. The second kappa shape index (κ2) is 8.18. The van der Waals surface area contributed by atoms with Crippen molar-refractivity contribution in [1.82, 2.24) is 20.0 Å². The number of likely N-dealkylation sites (tertiary alicyclic amines) is 1. The Morgan fingerprint density at radius 2 is 2.00 bits per heavy atom. The smallest absolute Gasteiger partial charge is 0.251 e. The molecular formula is C20H20N4O4. The van der Waals surface area contributed by atoms with E-state index in [0.717, 1.165) is 18.6 Å². The molecule has 1 fully saturated rings. The number of nitrogens with zero attached hydrogens (tertiary/aromatic N) is 4. The second-order valence-corrected chi connectivity index (χ2v) is 6.58. The van der Waals surface area contributed by atoms with Crippen molar-refractivity contribution in [3.8, 4) is 23.0 Å². The molecule has 1 aromatic carbocycles. The lowest BCUT2D eigenvalue weighted by atomic mass is 10.2. The monoisotopic (exact) mass is 380 g/mol. The number of hydrogen-bond acceptors (Lipinski definition) is 7. The largest absolute Gasteiger partial charge is 0.456 e. The van der Waals surface area contributed by atoms with Crippen LogP contribution in [0.2, 0.25) is 0 Å². The minimum Gasteiger partial charge on any atom is -0.456 e. The highest BCUT2D eigenvalue weighted by Gasteiger charge is 2.26. The molecule has 0 bridgehead atoms. The first-order chi connectivity index (χ1) is 13.7. The van der Waals surface area contributed by atoms with Crippen LogP contribution >= 0.6 is 0 Å². The third-order valence-electron chi connectivity index (χ3n) is 4.49. The van der Waals surface area contributed by atoms with Crippen molar-refractivity contribution >= 4 is 5.91 Å². The Labute approximate surface area is 161 Å². The van der Waals surface area contributed by atoms with Gasteiger partial charge in [0.15, 0.2) is 0 Å². The van der Waals surface area contributed by atoms with Crippen LogP contribution in [-0.4, -0.2) is 43.7 Å². The number of aromatic nitrogens is 3. The summed E-state index contributed by atoms with van der Waals surface area (Å²) in [5.41, 5.74) is 0.539. The SMILES string of the molecule is O=C1C(O)CCCCN1Cc1nc(-c2ccc(Oc3ccccc3)cn2)no1. The van der Waals surface area contributed by atoms with Crippen LogP contribution < -0.4 is 4.74 Å². The first kappa shape index (κ1) is 18.1. The number of aliphatic hydroxyl groups excluding tert-OH is 1. The molecule has 4 rings (SSSR count). The number of pyridine rings is 1. The molecule has 28 heavy (non-hydrogen) atoms. The summed E-state index contributed by atoms with van der Waals surface area (Å²) < 4.78 is 11.0. The van der Waals surface area contributed by atoms with Gasteiger partial charge in [-0.2, -0.15) is 4.98 Å². The van der Waals surface area contributed by atoms with E-state index in [1.807, 2.05) is 30.3 Å². The maximum atomic E-state index is 12.2. The molecule has 1 aliphatic rings. The van der Waals surface area contributed by atoms with Crippen LogP contribution in [0.15, 0.2) is 53.2 Å². The minimum absolute atomic E-state index is 0.179. The number of ether oxygens (including phenoxy) is 1. The van der Waals surface area contributed by atoms with Gasteiger partial charge in [-0.25, -0.2) is 4.98 Å². The molecule has 1 atom stereocenters. The van der Waals surface area contributed by atoms with Gasteiger partial charge in [0.1, 0.15) is 29.8 Å². The van der Waals surface area contributed by atoms with E-state index >= 15 is 0 Å². The van der Waals surface area contributed by atoms with Gasteiger partial charge in [0, 0.05) is 6.54 Å². The Bertz CT molecular complexity index is 927. The summed E-state index contributed by atoms with van der Waals surface area (Å²) in [4.78, 5) is 22.4. The quantitative estimate of drug-likeness (QED) is 0.726. The number of amides is 1. The van der Waals surface area contributed by atoms with Crippen LogP contribution in [-0.2, 0) is 11.3 Å². The number of hydrogen-bond donors (Lipinski definition) is 1. The number of benzene rings is 1. The molecule has 0 spiro atoms. The van der Waals surface area contributed by atoms with Gasteiger partial charge >= 0.3 is 0 Å². The van der Waals surface area contributed by atoms with Crippen molar-refractivity contribution in [3.63, 3.8) is 0 Å². The summed E-state index contributed by atoms with van der Waals surface area (Å²) in [6, 6.07) is 13.0. The lowest BCUT2D eigenvalue weighted by molar-refractivity contribution is -0.140. The van der Waals surface area contributed by atoms with Crippen LogP contribution in [0.5, 0.6) is 11.5 Å². The van der Waals surface area contributed by atoms with Gasteiger partial charge in [-0.15, -0.1) is 0 Å². The number of carbonyl (C=O) groups is 1. The van der Waals surface area contributed by atoms with Gasteiger partial charge in [0.25, 0.3) is 5.91 Å². The van der Waals surface area contributed by atoms with E-state index in [0.29, 0.717) is 36.1 Å². The average molecular weight is 380 g/mol. The fourth-order valence-electron chi connectivity index (χ4n) is 3.03. The highest BCUT2D eigenvalue weighted by atomic mass is 16.5. The molecule has 0 saturated carbocycles. The van der Waals surface area contributed by atoms with Gasteiger partial charge in [0.05, 0.1) is 6.20 Å². The fraction of sp³-hybridized carbons (Fsp3) is 0.300. The first-order valence-electron chi connectivity index (χ1n) is 9.18. The van der Waals surface area contributed by atoms with E-state index in [9.17, 15) is 9.90 Å². The van der Waals surface area contributed by atoms with Gasteiger partial charge in [-0.3, -0.25) is 4.79 Å². The van der Waals surface area contributed by atoms with E-state index < -0.39 is 6.10 Å². The lowest BCUT2D eigenvalue weighted by Gasteiger charge is -2.19. The molecule has 1 unspecified atom stereocenters. The molecule has 2 aromatic heterocycles. The Hall–Kier alpha value is -3.26. The van der Waals surface area contributed by atoms with Crippen LogP contribution in [0.1, 0.15) is 25.2 Å². The molecule has 1 amide bonds. The van der Waals surface area contributed by atoms with Crippen LogP contribution in [0.4, 0.5) is 0 Å². The van der Waals surface area contributed by atoms with Gasteiger partial charge in [-0.05, 0) is 43.5 Å². The molecule has 1 aliphatic heterocycles. The summed E-state index contributed by atoms with van der Waals surface area (Å²) in [6.07, 6.45) is 2.79. The van der Waals surface area contributed by atoms with Crippen molar-refractivity contribution in [2.75, 3.05) is 6.54 Å². The van der Waals surface area contributed by atoms with Crippen molar-refractivity contribution in [3.05, 3.63) is 54.6 Å². The van der Waals surface area contributed by atoms with E-state index in [4.69, 9.17) is 9.26 Å². The summed E-state index contributed by atoms with van der Waals surface area (Å²) in [7, 11) is 0. The number of carbonyl (C=O) groups excluding carboxylic acids is 1. The zero-order chi connectivity index (χ0) is 19.3. The maximum Gasteiger partial charge on any atom is 0.251 e. The van der Waals surface area contributed by atoms with E-state index in [2.05, 4.69) is 15.1 Å². The number of aliphatic hydroxyl groups is 1. The second-order valence-electron chi connectivity index (χ2n) is 6.58. The van der Waals surface area contributed by atoms with Crippen LogP contribution in [0.3, 0.4) is 0 Å². The Morgan fingerprint density at radius 3 is 2.79 bits per heavy atom. The van der Waals surface area contributed by atoms with E-state index in [1.54, 1.807) is 23.2 Å². The zero-order valence-electron chi connectivity index (χ0n) is 15.2. The predicted molar refractivity (Wildman–Crippen MR) is 99.3 cm³/mol. The predicted octanol–water partition coefficient (Wildman–Crippen LogP) is 2.80. The van der Waals surface area contributed by atoms with Crippen molar-refractivity contribution in [2.24, 2.45) is 0 Å². The maximum absolute atomic E-state index is 12.2. The average Bonchev–Trinajstić information content (AvgIpc) is 3.13. The summed E-state index contributed by atoms with van der Waals surface area (Å²) in [5, 5.41) is 13.8. The number of para-hydroxylation sites is 1. The van der Waals surface area contributed by atoms with E-state index in [-0.39, 0.29) is 12.5 Å². The van der Waals surface area contributed by atoms with Gasteiger partial charge in [0.2, 0.25) is 11.7 Å². The minimum atomic E-state index is -0.955. The Balaban J connectivity index is 1.43. The van der Waals surface area contributed by atoms with E-state index in [1.165, 1.54) is 0 Å². The Kier molecular flexibility index (Phi) is 5.29. The summed E-state index contributed by atoms with van der Waals surface area (Å²) >= 11 is 0. The zero-order valence-corrected chi connectivity index (χ0v) is 15.2. The van der Waals surface area contributed by atoms with Crippen LogP contribution in [0, 0.1) is 0 Å². The lowest BCUT2D eigenvalue weighted by Crippen LogP contribution is -2.37. The molecule has 0 radical (unpaired) electrons. The highest BCUT2D eigenvalue weighted by molar-refractivity contribution is 5.80. The molecule has 1 N–H and O–H groups in total. The molecule has 144 valence electrons. The molecule has 0 aliphatic carbocycles. The molecular weight excluding hydrogens is 360 g/mol. The van der Waals surface area contributed by atoms with Crippen molar-refractivity contribution < 1.29 is 19.2 Å². The van der Waals surface area contributed by atoms with Crippen molar-refractivity contribution in [1.29, 1.82) is 0 Å². The van der Waals surface area contributed by atoms with Gasteiger partial charge in [-0.1, -0.05) is 23.4 Å². The molecule has 3 heterocycles. The molecule has 8 heteroatoms. The first-order valence-corrected chi connectivity index (χ1v) is 9.18. The van der Waals surface area contributed by atoms with Crippen LogP contribution in [0.25, 0.3) is 11.5 Å². The Morgan fingerprint density at radius 1 is 1.14 bits per heavy atom. The standard InChI is InChI=1S/C20H20N4O4/c25-17-8-4-5-11-24(20(17)26)13-18-22-19(23-28-18)16-10-9-15(12-21-16)27-14-6-2-1-3-7-14/h1-3,6-7,9-10,12,17,25H,4-5,8,11,13H2. The van der Waals surface area contributed by atoms with Gasteiger partial charge < -0.3 is 19.3 Å². The molecule has 3 aromatic rings. The fourth-order valence-corrected chi connectivity index (χ4v) is 3.03. The normalized spacial score (nSPS) is 17.4. The van der Waals surface area contributed by atoms with Crippen molar-refractivity contribution in [2.45, 2.75) is 31.9 Å². The molecule has 1 saturated heterocycles. The third kappa shape index (κ3) is 4.17. The molecule has 8 nitrogen and oxygen atoms in total.